The molecule has 1 unspecified atom stereocenters. The minimum atomic E-state index is -2.87. The molecule has 1 aromatic rings. The molecule has 1 rings (SSSR count). The monoisotopic (exact) mass is 373 g/mol. The Bertz CT molecular complexity index is 513. The number of ether oxygens (including phenoxy) is 2. The highest BCUT2D eigenvalue weighted by Crippen LogP contribution is 2.19. The van der Waals surface area contributed by atoms with Gasteiger partial charge in [-0.25, -0.2) is 0 Å². The van der Waals surface area contributed by atoms with Crippen LogP contribution in [0.2, 0.25) is 0 Å². The zero-order valence-electron chi connectivity index (χ0n) is 15.4. The van der Waals surface area contributed by atoms with Crippen molar-refractivity contribution in [1.82, 2.24) is 10.6 Å². The maximum absolute atomic E-state index is 12.1. The third-order valence-corrected chi connectivity index (χ3v) is 3.44. The molecule has 0 spiro atoms. The van der Waals surface area contributed by atoms with Crippen molar-refractivity contribution >= 4 is 5.96 Å². The lowest BCUT2D eigenvalue weighted by Gasteiger charge is -2.14. The summed E-state index contributed by atoms with van der Waals surface area (Å²) >= 11 is 0. The SMILES string of the molecule is CCCCOCCNC(=NCC(O)c1ccc(OC(F)F)cc1)NCC. The highest BCUT2D eigenvalue weighted by atomic mass is 19.3. The Balaban J connectivity index is 2.46. The fourth-order valence-electron chi connectivity index (χ4n) is 2.09. The first kappa shape index (κ1) is 22.1. The first-order valence-electron chi connectivity index (χ1n) is 8.89. The highest BCUT2D eigenvalue weighted by Gasteiger charge is 2.09. The summed E-state index contributed by atoms with van der Waals surface area (Å²) in [6, 6.07) is 5.87. The topological polar surface area (TPSA) is 75.1 Å². The molecule has 0 bridgehead atoms. The molecule has 3 N–H and O–H groups in total. The lowest BCUT2D eigenvalue weighted by Crippen LogP contribution is -2.39. The van der Waals surface area contributed by atoms with Crippen molar-refractivity contribution in [2.75, 3.05) is 32.8 Å². The van der Waals surface area contributed by atoms with Gasteiger partial charge in [-0.05, 0) is 31.0 Å². The minimum absolute atomic E-state index is 0.0533. The smallest absolute Gasteiger partial charge is 0.387 e. The number of unbranched alkanes of at least 4 members (excludes halogenated alkanes) is 1. The second-order valence-corrected chi connectivity index (χ2v) is 5.58. The molecule has 1 atom stereocenters. The number of hydrogen-bond donors (Lipinski definition) is 3. The summed E-state index contributed by atoms with van der Waals surface area (Å²) in [5.74, 6) is 0.640. The Kier molecular flexibility index (Phi) is 11.3. The van der Waals surface area contributed by atoms with Gasteiger partial charge in [0.2, 0.25) is 0 Å². The van der Waals surface area contributed by atoms with Crippen molar-refractivity contribution in [3.8, 4) is 5.75 Å². The third-order valence-electron chi connectivity index (χ3n) is 3.44. The van der Waals surface area contributed by atoms with E-state index in [4.69, 9.17) is 4.74 Å². The van der Waals surface area contributed by atoms with Crippen LogP contribution in [0.5, 0.6) is 5.75 Å². The van der Waals surface area contributed by atoms with Crippen molar-refractivity contribution < 1.29 is 23.4 Å². The summed E-state index contributed by atoms with van der Waals surface area (Å²) in [7, 11) is 0. The second kappa shape index (κ2) is 13.3. The maximum atomic E-state index is 12.1. The normalized spacial score (nSPS) is 12.9. The molecule has 148 valence electrons. The van der Waals surface area contributed by atoms with Crippen molar-refractivity contribution in [2.24, 2.45) is 4.99 Å². The van der Waals surface area contributed by atoms with Gasteiger partial charge in [0, 0.05) is 19.7 Å². The van der Waals surface area contributed by atoms with Crippen LogP contribution in [0.4, 0.5) is 8.78 Å². The first-order chi connectivity index (χ1) is 12.6. The van der Waals surface area contributed by atoms with Gasteiger partial charge in [0.25, 0.3) is 0 Å². The predicted molar refractivity (Wildman–Crippen MR) is 97.7 cm³/mol. The van der Waals surface area contributed by atoms with Gasteiger partial charge in [0.05, 0.1) is 19.3 Å². The van der Waals surface area contributed by atoms with Crippen molar-refractivity contribution in [2.45, 2.75) is 39.4 Å². The number of benzene rings is 1. The van der Waals surface area contributed by atoms with Crippen LogP contribution in [0.25, 0.3) is 0 Å². The number of aliphatic imine (C=N–C) groups is 1. The molecule has 0 aliphatic carbocycles. The van der Waals surface area contributed by atoms with Crippen LogP contribution in [0.3, 0.4) is 0 Å². The largest absolute Gasteiger partial charge is 0.435 e. The van der Waals surface area contributed by atoms with Crippen molar-refractivity contribution in [3.05, 3.63) is 29.8 Å². The summed E-state index contributed by atoms with van der Waals surface area (Å²) in [6.45, 7) is 3.98. The molecule has 0 aromatic heterocycles. The zero-order chi connectivity index (χ0) is 19.2. The molecule has 8 heteroatoms. The Morgan fingerprint density at radius 1 is 1.15 bits per heavy atom. The molecular weight excluding hydrogens is 344 g/mol. The highest BCUT2D eigenvalue weighted by molar-refractivity contribution is 5.79. The number of rotatable bonds is 12. The Morgan fingerprint density at radius 2 is 1.88 bits per heavy atom. The number of alkyl halides is 2. The van der Waals surface area contributed by atoms with E-state index in [0.29, 0.717) is 31.2 Å². The fourth-order valence-corrected chi connectivity index (χ4v) is 2.09. The quantitative estimate of drug-likeness (QED) is 0.298. The van der Waals surface area contributed by atoms with Gasteiger partial charge in [0.1, 0.15) is 5.75 Å². The molecule has 1 aromatic carbocycles. The Morgan fingerprint density at radius 3 is 2.50 bits per heavy atom. The number of nitrogens with zero attached hydrogens (tertiary/aromatic N) is 1. The second-order valence-electron chi connectivity index (χ2n) is 5.58. The van der Waals surface area contributed by atoms with E-state index in [2.05, 4.69) is 27.3 Å². The van der Waals surface area contributed by atoms with Crippen molar-refractivity contribution in [3.63, 3.8) is 0 Å². The lowest BCUT2D eigenvalue weighted by atomic mass is 10.1. The average molecular weight is 373 g/mol. The molecular formula is C18H29F2N3O3. The summed E-state index contributed by atoms with van der Waals surface area (Å²) in [4.78, 5) is 4.33. The van der Waals surface area contributed by atoms with Gasteiger partial charge < -0.3 is 25.2 Å². The molecule has 26 heavy (non-hydrogen) atoms. The van der Waals surface area contributed by atoms with Gasteiger partial charge in [0.15, 0.2) is 5.96 Å². The summed E-state index contributed by atoms with van der Waals surface area (Å²) < 4.78 is 34.0. The van der Waals surface area contributed by atoms with E-state index in [0.717, 1.165) is 19.4 Å². The maximum Gasteiger partial charge on any atom is 0.387 e. The van der Waals surface area contributed by atoms with E-state index in [-0.39, 0.29) is 12.3 Å². The molecule has 0 aliphatic rings. The molecule has 0 radical (unpaired) electrons. The van der Waals surface area contributed by atoms with Gasteiger partial charge in [-0.15, -0.1) is 0 Å². The van der Waals surface area contributed by atoms with Crippen LogP contribution >= 0.6 is 0 Å². The molecule has 0 saturated carbocycles. The number of aliphatic hydroxyl groups excluding tert-OH is 1. The first-order valence-corrected chi connectivity index (χ1v) is 8.89. The van der Waals surface area contributed by atoms with Crippen LogP contribution in [-0.2, 0) is 4.74 Å². The van der Waals surface area contributed by atoms with Crippen molar-refractivity contribution in [1.29, 1.82) is 0 Å². The number of halogens is 2. The predicted octanol–water partition coefficient (Wildman–Crippen LogP) is 2.69. The molecule has 6 nitrogen and oxygen atoms in total. The van der Waals surface area contributed by atoms with Crippen LogP contribution in [0, 0.1) is 0 Å². The Labute approximate surface area is 153 Å². The average Bonchev–Trinajstić information content (AvgIpc) is 2.62. The van der Waals surface area contributed by atoms with Gasteiger partial charge in [-0.1, -0.05) is 25.5 Å². The van der Waals surface area contributed by atoms with E-state index >= 15 is 0 Å². The summed E-state index contributed by atoms with van der Waals surface area (Å²) in [5, 5.41) is 16.4. The van der Waals surface area contributed by atoms with Crippen LogP contribution in [-0.4, -0.2) is 50.5 Å². The van der Waals surface area contributed by atoms with Gasteiger partial charge in [-0.3, -0.25) is 4.99 Å². The third kappa shape index (κ3) is 9.53. The Hall–Kier alpha value is -1.93. The lowest BCUT2D eigenvalue weighted by molar-refractivity contribution is -0.0498. The van der Waals surface area contributed by atoms with Gasteiger partial charge >= 0.3 is 6.61 Å². The number of nitrogens with one attached hydrogen (secondary N) is 2. The minimum Gasteiger partial charge on any atom is -0.435 e. The number of guanidine groups is 1. The standard InChI is InChI=1S/C18H29F2N3O3/c1-3-5-11-25-12-10-22-18(21-4-2)23-13-16(24)14-6-8-15(9-7-14)26-17(19)20/h6-9,16-17,24H,3-5,10-13H2,1-2H3,(H2,21,22,23). The molecule has 0 heterocycles. The molecule has 0 saturated heterocycles. The number of hydrogen-bond acceptors (Lipinski definition) is 4. The van der Waals surface area contributed by atoms with E-state index in [1.807, 2.05) is 6.92 Å². The molecule has 0 fully saturated rings. The van der Waals surface area contributed by atoms with Gasteiger partial charge in [-0.2, -0.15) is 8.78 Å². The summed E-state index contributed by atoms with van der Waals surface area (Å²) in [5.41, 5.74) is 0.578. The fraction of sp³-hybridized carbons (Fsp3) is 0.611. The van der Waals surface area contributed by atoms with E-state index in [1.165, 1.54) is 12.1 Å². The van der Waals surface area contributed by atoms with E-state index < -0.39 is 12.7 Å². The van der Waals surface area contributed by atoms with E-state index in [9.17, 15) is 13.9 Å². The zero-order valence-corrected chi connectivity index (χ0v) is 15.4. The van der Waals surface area contributed by atoms with Crippen LogP contribution in [0.15, 0.2) is 29.3 Å². The summed E-state index contributed by atoms with van der Waals surface area (Å²) in [6.07, 6.45) is 1.30. The van der Waals surface area contributed by atoms with E-state index in [1.54, 1.807) is 12.1 Å². The van der Waals surface area contributed by atoms with Crippen LogP contribution in [0.1, 0.15) is 38.4 Å². The molecule has 0 amide bonds. The van der Waals surface area contributed by atoms with Crippen LogP contribution < -0.4 is 15.4 Å². The number of aliphatic hydroxyl groups is 1. The molecule has 0 aliphatic heterocycles.